The number of hydrogen-bond acceptors (Lipinski definition) is 4. The van der Waals surface area contributed by atoms with Crippen LogP contribution in [0.5, 0.6) is 5.75 Å². The average Bonchev–Trinajstić information content (AvgIpc) is 2.66. The summed E-state index contributed by atoms with van der Waals surface area (Å²) < 4.78 is 24.7. The van der Waals surface area contributed by atoms with Gasteiger partial charge in [-0.3, -0.25) is 4.99 Å². The molecule has 1 unspecified atom stereocenters. The van der Waals surface area contributed by atoms with Crippen LogP contribution in [0.1, 0.15) is 53.4 Å². The van der Waals surface area contributed by atoms with Crippen molar-refractivity contribution in [3.05, 3.63) is 30.1 Å². The van der Waals surface area contributed by atoms with E-state index < -0.39 is 5.60 Å². The molecule has 0 spiro atoms. The summed E-state index contributed by atoms with van der Waals surface area (Å²) in [7, 11) is 1.72. The van der Waals surface area contributed by atoms with E-state index in [1.165, 1.54) is 6.07 Å². The van der Waals surface area contributed by atoms with E-state index in [9.17, 15) is 9.18 Å². The van der Waals surface area contributed by atoms with Crippen LogP contribution in [-0.4, -0.2) is 49.4 Å². The fourth-order valence-electron chi connectivity index (χ4n) is 3.28. The first-order chi connectivity index (χ1) is 14.2. The first kappa shape index (κ1) is 23.8. The fourth-order valence-corrected chi connectivity index (χ4v) is 3.28. The Morgan fingerprint density at radius 3 is 2.33 bits per heavy atom. The molecule has 1 saturated carbocycles. The molecule has 0 aromatic heterocycles. The van der Waals surface area contributed by atoms with Gasteiger partial charge in [0.15, 0.2) is 17.5 Å². The van der Waals surface area contributed by atoms with Crippen LogP contribution in [0.2, 0.25) is 0 Å². The lowest BCUT2D eigenvalue weighted by Crippen LogP contribution is -2.49. The molecule has 0 radical (unpaired) electrons. The molecule has 1 aliphatic carbocycles. The molecule has 1 fully saturated rings. The maximum atomic E-state index is 13.7. The SMILES string of the molecule is CN=C(NCC(C)Oc1ccccc1F)NC1CCC(NC(=O)OC(C)(C)C)CC1. The number of guanidine groups is 1. The Labute approximate surface area is 178 Å². The summed E-state index contributed by atoms with van der Waals surface area (Å²) in [6.45, 7) is 7.93. The van der Waals surface area contributed by atoms with Gasteiger partial charge in [0.25, 0.3) is 0 Å². The molecular weight excluding hydrogens is 387 g/mol. The summed E-state index contributed by atoms with van der Waals surface area (Å²) >= 11 is 0. The molecular formula is C22H35FN4O3. The Bertz CT molecular complexity index is 713. The van der Waals surface area contributed by atoms with E-state index in [4.69, 9.17) is 9.47 Å². The monoisotopic (exact) mass is 422 g/mol. The van der Waals surface area contributed by atoms with Gasteiger partial charge in [-0.15, -0.1) is 0 Å². The van der Waals surface area contributed by atoms with Gasteiger partial charge >= 0.3 is 6.09 Å². The molecule has 7 nitrogen and oxygen atoms in total. The highest BCUT2D eigenvalue weighted by atomic mass is 19.1. The third kappa shape index (κ3) is 8.47. The van der Waals surface area contributed by atoms with Gasteiger partial charge in [0.1, 0.15) is 11.7 Å². The lowest BCUT2D eigenvalue weighted by Gasteiger charge is -2.31. The van der Waals surface area contributed by atoms with Crippen molar-refractivity contribution < 1.29 is 18.7 Å². The number of nitrogens with one attached hydrogen (secondary N) is 3. The minimum Gasteiger partial charge on any atom is -0.486 e. The Balaban J connectivity index is 1.70. The van der Waals surface area contributed by atoms with E-state index in [1.807, 2.05) is 27.7 Å². The minimum absolute atomic E-state index is 0.127. The zero-order valence-electron chi connectivity index (χ0n) is 18.6. The summed E-state index contributed by atoms with van der Waals surface area (Å²) in [6, 6.07) is 6.77. The van der Waals surface area contributed by atoms with E-state index in [-0.39, 0.29) is 35.8 Å². The standard InChI is InChI=1S/C22H35FN4O3/c1-15(29-19-9-7-6-8-18(19)23)14-25-20(24-5)26-16-10-12-17(13-11-16)27-21(28)30-22(2,3)4/h6-9,15-17H,10-14H2,1-5H3,(H,27,28)(H2,24,25,26). The molecule has 8 heteroatoms. The number of benzene rings is 1. The van der Waals surface area contributed by atoms with Crippen molar-refractivity contribution in [3.8, 4) is 5.75 Å². The van der Waals surface area contributed by atoms with E-state index in [0.29, 0.717) is 12.5 Å². The summed E-state index contributed by atoms with van der Waals surface area (Å²) in [5.41, 5.74) is -0.492. The predicted octanol–water partition coefficient (Wildman–Crippen LogP) is 3.59. The van der Waals surface area contributed by atoms with Crippen molar-refractivity contribution in [2.45, 2.75) is 77.2 Å². The zero-order chi connectivity index (χ0) is 22.1. The summed E-state index contributed by atoms with van der Waals surface area (Å²) in [4.78, 5) is 16.2. The molecule has 0 heterocycles. The number of alkyl carbamates (subject to hydrolysis) is 1. The highest BCUT2D eigenvalue weighted by Crippen LogP contribution is 2.20. The number of aliphatic imine (C=N–C) groups is 1. The Hall–Kier alpha value is -2.51. The van der Waals surface area contributed by atoms with Crippen LogP contribution in [0.4, 0.5) is 9.18 Å². The molecule has 168 valence electrons. The Morgan fingerprint density at radius 2 is 1.77 bits per heavy atom. The van der Waals surface area contributed by atoms with Crippen LogP contribution in [0, 0.1) is 5.82 Å². The quantitative estimate of drug-likeness (QED) is 0.482. The van der Waals surface area contributed by atoms with Gasteiger partial charge in [0.05, 0.1) is 6.54 Å². The molecule has 1 atom stereocenters. The van der Waals surface area contributed by atoms with Crippen LogP contribution in [-0.2, 0) is 4.74 Å². The molecule has 3 N–H and O–H groups in total. The van der Waals surface area contributed by atoms with Crippen molar-refractivity contribution in [1.82, 2.24) is 16.0 Å². The third-order valence-electron chi connectivity index (χ3n) is 4.73. The number of rotatable bonds is 6. The minimum atomic E-state index is -0.492. The average molecular weight is 423 g/mol. The number of halogens is 1. The Morgan fingerprint density at radius 1 is 1.17 bits per heavy atom. The molecule has 0 aliphatic heterocycles. The second-order valence-corrected chi connectivity index (χ2v) is 8.65. The molecule has 2 rings (SSSR count). The number of amides is 1. The predicted molar refractivity (Wildman–Crippen MR) is 116 cm³/mol. The van der Waals surface area contributed by atoms with Crippen LogP contribution < -0.4 is 20.7 Å². The summed E-state index contributed by atoms with van der Waals surface area (Å²) in [5, 5.41) is 9.59. The molecule has 1 aliphatic rings. The van der Waals surface area contributed by atoms with Crippen LogP contribution in [0.25, 0.3) is 0 Å². The second kappa shape index (κ2) is 11.0. The van der Waals surface area contributed by atoms with Gasteiger partial charge in [0, 0.05) is 19.1 Å². The zero-order valence-corrected chi connectivity index (χ0v) is 18.6. The van der Waals surface area contributed by atoms with E-state index in [0.717, 1.165) is 25.7 Å². The fraction of sp³-hybridized carbons (Fsp3) is 0.636. The largest absolute Gasteiger partial charge is 0.486 e. The van der Waals surface area contributed by atoms with Crippen molar-refractivity contribution in [2.75, 3.05) is 13.6 Å². The van der Waals surface area contributed by atoms with Gasteiger partial charge in [0.2, 0.25) is 0 Å². The molecule has 1 aromatic carbocycles. The number of hydrogen-bond donors (Lipinski definition) is 3. The highest BCUT2D eigenvalue weighted by molar-refractivity contribution is 5.80. The third-order valence-corrected chi connectivity index (χ3v) is 4.73. The maximum absolute atomic E-state index is 13.7. The second-order valence-electron chi connectivity index (χ2n) is 8.65. The van der Waals surface area contributed by atoms with Crippen LogP contribution in [0.3, 0.4) is 0 Å². The lowest BCUT2D eigenvalue weighted by molar-refractivity contribution is 0.0490. The van der Waals surface area contributed by atoms with E-state index >= 15 is 0 Å². The van der Waals surface area contributed by atoms with Gasteiger partial charge in [-0.25, -0.2) is 9.18 Å². The summed E-state index contributed by atoms with van der Waals surface area (Å²) in [6.07, 6.45) is 3.00. The molecule has 0 bridgehead atoms. The van der Waals surface area contributed by atoms with Gasteiger partial charge < -0.3 is 25.4 Å². The number of carbonyl (C=O) groups excluding carboxylic acids is 1. The van der Waals surface area contributed by atoms with Gasteiger partial charge in [-0.2, -0.15) is 0 Å². The molecule has 1 amide bonds. The van der Waals surface area contributed by atoms with E-state index in [1.54, 1.807) is 25.2 Å². The molecule has 30 heavy (non-hydrogen) atoms. The first-order valence-corrected chi connectivity index (χ1v) is 10.5. The number of carbonyl (C=O) groups is 1. The number of ether oxygens (including phenoxy) is 2. The van der Waals surface area contributed by atoms with Crippen LogP contribution in [0.15, 0.2) is 29.3 Å². The smallest absolute Gasteiger partial charge is 0.407 e. The number of nitrogens with zero attached hydrogens (tertiary/aromatic N) is 1. The van der Waals surface area contributed by atoms with Crippen LogP contribution >= 0.6 is 0 Å². The maximum Gasteiger partial charge on any atom is 0.407 e. The summed E-state index contributed by atoms with van der Waals surface area (Å²) in [5.74, 6) is 0.552. The van der Waals surface area contributed by atoms with E-state index in [2.05, 4.69) is 20.9 Å². The van der Waals surface area contributed by atoms with Crippen molar-refractivity contribution in [2.24, 2.45) is 4.99 Å². The van der Waals surface area contributed by atoms with Crippen molar-refractivity contribution >= 4 is 12.1 Å². The Kier molecular flexibility index (Phi) is 8.74. The lowest BCUT2D eigenvalue weighted by atomic mass is 9.91. The highest BCUT2D eigenvalue weighted by Gasteiger charge is 2.25. The van der Waals surface area contributed by atoms with Gasteiger partial charge in [-0.1, -0.05) is 12.1 Å². The topological polar surface area (TPSA) is 84.0 Å². The molecule has 1 aromatic rings. The van der Waals surface area contributed by atoms with Crippen molar-refractivity contribution in [1.29, 1.82) is 0 Å². The normalized spacial score (nSPS) is 20.8. The molecule has 0 saturated heterocycles. The number of para-hydroxylation sites is 1. The van der Waals surface area contributed by atoms with Gasteiger partial charge in [-0.05, 0) is 65.5 Å². The van der Waals surface area contributed by atoms with Crippen molar-refractivity contribution in [3.63, 3.8) is 0 Å². The first-order valence-electron chi connectivity index (χ1n) is 10.5.